The zero-order chi connectivity index (χ0) is 84.7. The summed E-state index contributed by atoms with van der Waals surface area (Å²) in [6.45, 7) is 15.4. The Balaban J connectivity index is 0.000000130. The van der Waals surface area contributed by atoms with Gasteiger partial charge >= 0.3 is 0 Å². The predicted molar refractivity (Wildman–Crippen MR) is 453 cm³/mol. The van der Waals surface area contributed by atoms with Gasteiger partial charge in [-0.2, -0.15) is 20.4 Å². The van der Waals surface area contributed by atoms with E-state index in [0.29, 0.717) is 87.8 Å². The summed E-state index contributed by atoms with van der Waals surface area (Å²) < 4.78 is 71.5. The highest BCUT2D eigenvalue weighted by atomic mass is 35.5. The first-order valence-electron chi connectivity index (χ1n) is 40.8. The van der Waals surface area contributed by atoms with Crippen LogP contribution in [0.15, 0.2) is 98.6 Å². The third-order valence-electron chi connectivity index (χ3n) is 23.9. The number of methoxy groups -OCH3 is 1. The lowest BCUT2D eigenvalue weighted by atomic mass is 10.0. The number of fused-ring (bicyclic) bond motifs is 4. The van der Waals surface area contributed by atoms with E-state index in [0.717, 1.165) is 123 Å². The number of piperidine rings is 4. The molecule has 0 bridgehead atoms. The minimum atomic E-state index is -1.22. The number of carbonyl (C=O) groups excluding carboxylic acids is 4. The van der Waals surface area contributed by atoms with Crippen molar-refractivity contribution in [3.8, 4) is 44.5 Å². The van der Waals surface area contributed by atoms with Gasteiger partial charge in [0.2, 0.25) is 23.6 Å². The first-order valence-corrected chi connectivity index (χ1v) is 41.2. The largest absolute Gasteiger partial charge is 0.483 e. The monoisotopic (exact) mass is 1670 g/mol. The summed E-state index contributed by atoms with van der Waals surface area (Å²) in [6.07, 6.45) is 26.5. The van der Waals surface area contributed by atoms with Crippen molar-refractivity contribution in [2.24, 2.45) is 0 Å². The Labute approximate surface area is 695 Å². The summed E-state index contributed by atoms with van der Waals surface area (Å²) in [4.78, 5) is 91.6. The first-order chi connectivity index (χ1) is 58.0. The lowest BCUT2D eigenvalue weighted by Gasteiger charge is -2.34. The van der Waals surface area contributed by atoms with Crippen molar-refractivity contribution >= 4 is 109 Å². The lowest BCUT2D eigenvalue weighted by molar-refractivity contribution is -0.132. The summed E-state index contributed by atoms with van der Waals surface area (Å²) in [5.74, 6) is -0.363. The molecule has 8 atom stereocenters. The van der Waals surface area contributed by atoms with Crippen LogP contribution in [0.2, 0.25) is 5.15 Å². The number of carboxylic acid groups (broad SMARTS) is 1. The lowest BCUT2D eigenvalue weighted by Crippen LogP contribution is -2.45. The number of H-pyrrole nitrogens is 4. The second kappa shape index (κ2) is 37.2. The maximum atomic E-state index is 15.0. The van der Waals surface area contributed by atoms with Crippen LogP contribution in [0.4, 0.5) is 40.3 Å². The molecule has 2 saturated carbocycles. The van der Waals surface area contributed by atoms with Crippen molar-refractivity contribution in [3.63, 3.8) is 0 Å². The fourth-order valence-corrected chi connectivity index (χ4v) is 17.6. The Bertz CT molecular complexity index is 5620. The molecule has 12 aromatic heterocycles. The molecule has 12 aromatic rings. The van der Waals surface area contributed by atoms with E-state index < -0.39 is 30.7 Å². The summed E-state index contributed by atoms with van der Waals surface area (Å²) in [7, 11) is 3.50. The number of pyridine rings is 4. The fraction of sp³-hybridized carbons (Fsp3) is 0.464. The van der Waals surface area contributed by atoms with E-state index in [4.69, 9.17) is 26.2 Å². The number of carbonyl (C=O) groups is 5. The zero-order valence-electron chi connectivity index (χ0n) is 68.7. The summed E-state index contributed by atoms with van der Waals surface area (Å²) in [5.41, 5.74) is 17.2. The quantitative estimate of drug-likeness (QED) is 0.0232. The highest BCUT2D eigenvalue weighted by molar-refractivity contribution is 6.32. The third-order valence-corrected chi connectivity index (χ3v) is 24.3. The molecule has 0 spiro atoms. The van der Waals surface area contributed by atoms with Gasteiger partial charge in [-0.15, -0.1) is 0 Å². The van der Waals surface area contributed by atoms with Crippen molar-refractivity contribution in [1.29, 1.82) is 0 Å². The van der Waals surface area contributed by atoms with E-state index in [1.54, 1.807) is 54.4 Å². The number of alkyl halides is 4. The SMILES string of the molecule is CC(=O)N1CC[C@H](n2ncc(-c3cnc4[nH]ccc4c3NC3CC3)c2C)[C@@H](F)C1.CC(=O)N1CC[C@H](n2ncc(-c3cnc4[nH]ccc4c3NC3CCCC3)c2C)[C@@H](F)C1.CNc1c(-c2cnn([C@H]3CCN(C(C)=O)C[C@@H]3F)c2Cl)cnc2[nH]ccc12.COCCNc1c(-c2cnn([C@H]3CCN(C(C)=O)C[C@@H]3F)c2C)cnc2[nH]ccc12.O=CO. The number of hydrogen-bond donors (Lipinski definition) is 9. The summed E-state index contributed by atoms with van der Waals surface area (Å²) >= 11 is 6.60. The molecular weight excluding hydrogens is 1570 g/mol. The Kier molecular flexibility index (Phi) is 26.2. The smallest absolute Gasteiger partial charge is 0.290 e. The number of halogens is 5. The maximum Gasteiger partial charge on any atom is 0.290 e. The third kappa shape index (κ3) is 17.7. The van der Waals surface area contributed by atoms with Crippen LogP contribution >= 0.6 is 11.6 Å². The summed E-state index contributed by atoms with van der Waals surface area (Å²) in [6, 6.07) is 7.36. The standard InChI is InChI=1S/C23H29FN6O.C21H27FN6O2.C21H25FN6O.C18H20ClFN6O.CH2O2/c1-14-18(12-27-30(14)21-8-10-29(15(2)31)13-20(21)24)19-11-26-23-17(7-9-25-23)22(19)28-16-5-3-4-6-16;1-13-16(11-26-28(13)19-5-8-27(14(2)29)12-18(19)22)17-10-25-21-15(4-6-24-21)20(17)23-7-9-30-3;1-12-16(10-25-28(12)19-6-8-27(13(2)29)11-18(19)22)17-9-24-21-15(5-7-23-21)20(17)26-14-3-4-14;1-10(27)25-6-4-15(14(20)9-25)26-17(19)13(8-24-26)12-7-23-18-11(3-5-22-18)16(12)21-2;2-1-3/h7,9,11-12,16,20-21H,3-6,8,10,13H2,1-2H3,(H2,25,26,28);4,6,10-11,18-19H,5,7-9,12H2,1-3H3,(H2,23,24,25);5,7,9-10,14,18-19H,3-4,6,8,11H2,1-2H3,(H2,23,24,26);3,5,7-8,14-15H,4,6,9H2,1-2H3,(H2,21,22,23);1H,(H,2,3)/t20-,21-;2*18-,19-;14-,15-;/m0000./s1. The highest BCUT2D eigenvalue weighted by Crippen LogP contribution is 2.45. The van der Waals surface area contributed by atoms with Crippen molar-refractivity contribution in [1.82, 2.24) is 98.6 Å². The molecule has 6 fully saturated rings. The van der Waals surface area contributed by atoms with Crippen LogP contribution in [0, 0.1) is 20.8 Å². The van der Waals surface area contributed by atoms with Gasteiger partial charge in [-0.3, -0.25) is 38.0 Å². The molecule has 0 unspecified atom stereocenters. The first kappa shape index (κ1) is 84.6. The molecule has 36 heteroatoms. The summed E-state index contributed by atoms with van der Waals surface area (Å²) in [5, 5.41) is 43.4. The minimum Gasteiger partial charge on any atom is -0.483 e. The van der Waals surface area contributed by atoms with Crippen molar-refractivity contribution in [3.05, 3.63) is 121 Å². The fourth-order valence-electron chi connectivity index (χ4n) is 17.2. The molecule has 4 aliphatic heterocycles. The van der Waals surface area contributed by atoms with E-state index in [2.05, 4.69) is 87.6 Å². The van der Waals surface area contributed by atoms with Crippen LogP contribution in [-0.4, -0.2) is 250 Å². The van der Waals surface area contributed by atoms with Crippen LogP contribution in [0.1, 0.15) is 133 Å². The van der Waals surface area contributed by atoms with Crippen LogP contribution in [0.5, 0.6) is 0 Å². The van der Waals surface area contributed by atoms with Gasteiger partial charge in [0.25, 0.3) is 6.47 Å². The van der Waals surface area contributed by atoms with Gasteiger partial charge < -0.3 is 70.6 Å². The van der Waals surface area contributed by atoms with Gasteiger partial charge in [0.05, 0.1) is 104 Å². The minimum absolute atomic E-state index is 0.0597. The van der Waals surface area contributed by atoms with Gasteiger partial charge in [0.15, 0.2) is 0 Å². The Morgan fingerprint density at radius 2 is 0.758 bits per heavy atom. The van der Waals surface area contributed by atoms with Crippen molar-refractivity contribution < 1.29 is 51.4 Å². The highest BCUT2D eigenvalue weighted by Gasteiger charge is 2.39. The van der Waals surface area contributed by atoms with Crippen LogP contribution in [0.3, 0.4) is 0 Å². The van der Waals surface area contributed by atoms with Gasteiger partial charge in [-0.05, 0) is 96.4 Å². The number of ether oxygens (including phenoxy) is 1. The zero-order valence-corrected chi connectivity index (χ0v) is 69.4. The Morgan fingerprint density at radius 3 is 1.08 bits per heavy atom. The number of hydrogen-bond acceptors (Lipinski definition) is 18. The molecule has 120 heavy (non-hydrogen) atoms. The molecule has 16 heterocycles. The van der Waals surface area contributed by atoms with Crippen LogP contribution in [0.25, 0.3) is 88.6 Å². The molecule has 4 saturated heterocycles. The van der Waals surface area contributed by atoms with Crippen molar-refractivity contribution in [2.75, 3.05) is 101 Å². The van der Waals surface area contributed by atoms with E-state index in [1.165, 1.54) is 75.8 Å². The molecule has 31 nitrogen and oxygen atoms in total. The second-order valence-electron chi connectivity index (χ2n) is 31.4. The molecule has 4 amide bonds. The van der Waals surface area contributed by atoms with Gasteiger partial charge in [-0.25, -0.2) is 42.2 Å². The van der Waals surface area contributed by atoms with Gasteiger partial charge in [0.1, 0.15) is 52.4 Å². The van der Waals surface area contributed by atoms with Gasteiger partial charge in [-0.1, -0.05) is 24.4 Å². The molecule has 636 valence electrons. The topological polar surface area (TPSA) is 362 Å². The number of rotatable bonds is 17. The number of nitrogens with zero attached hydrogens (tertiary/aromatic N) is 16. The van der Waals surface area contributed by atoms with Gasteiger partial charge in [0, 0.05) is 219 Å². The average Bonchev–Trinajstić information content (AvgIpc) is 1.62. The number of anilines is 4. The number of nitrogens with one attached hydrogen (secondary N) is 8. The van der Waals surface area contributed by atoms with E-state index >= 15 is 0 Å². The number of amides is 4. The number of aromatic amines is 4. The predicted octanol–water partition coefficient (Wildman–Crippen LogP) is 13.5. The van der Waals surface area contributed by atoms with Crippen LogP contribution < -0.4 is 21.3 Å². The second-order valence-corrected chi connectivity index (χ2v) is 31.7. The van der Waals surface area contributed by atoms with Crippen LogP contribution in [-0.2, 0) is 28.7 Å². The maximum absolute atomic E-state index is 15.0. The average molecular weight is 1670 g/mol. The van der Waals surface area contributed by atoms with E-state index in [-0.39, 0.29) is 74.4 Å². The molecule has 0 radical (unpaired) electrons. The molecule has 6 aliphatic rings. The number of aromatic nitrogens is 16. The normalized spacial score (nSPS) is 20.6. The number of likely N-dealkylation sites (tertiary alicyclic amines) is 4. The molecule has 9 N–H and O–H groups in total. The van der Waals surface area contributed by atoms with Crippen molar-refractivity contribution in [2.45, 2.75) is 174 Å². The molecule has 18 rings (SSSR count). The Morgan fingerprint density at radius 1 is 0.458 bits per heavy atom. The molecular formula is C84H103ClF4N24O7. The van der Waals surface area contributed by atoms with E-state index in [1.807, 2.05) is 102 Å². The molecule has 2 aliphatic carbocycles. The molecule has 0 aromatic carbocycles. The Hall–Kier alpha value is -11.9. The van der Waals surface area contributed by atoms with E-state index in [9.17, 15) is 36.7 Å².